The van der Waals surface area contributed by atoms with E-state index in [9.17, 15) is 0 Å². The van der Waals surface area contributed by atoms with Gasteiger partial charge in [-0.25, -0.2) is 18.6 Å². The van der Waals surface area contributed by atoms with Gasteiger partial charge in [-0.3, -0.25) is 0 Å². The Hall–Kier alpha value is -1.99. The zero-order valence-corrected chi connectivity index (χ0v) is 15.1. The Kier molecular flexibility index (Phi) is 5.58. The first-order valence-electron chi connectivity index (χ1n) is 7.76. The number of halogens is 2. The fraction of sp³-hybridized carbons (Fsp3) is 0.105. The molecule has 1 aliphatic rings. The summed E-state index contributed by atoms with van der Waals surface area (Å²) in [7, 11) is -4.94. The van der Waals surface area contributed by atoms with Gasteiger partial charge in [-0.15, -0.1) is 10.2 Å². The van der Waals surface area contributed by atoms with Gasteiger partial charge >= 0.3 is 0 Å². The predicted molar refractivity (Wildman–Crippen MR) is 84.6 cm³/mol. The zero-order valence-electron chi connectivity index (χ0n) is 13.5. The van der Waals surface area contributed by atoms with Crippen LogP contribution in [0.1, 0.15) is 28.3 Å². The second-order valence-electron chi connectivity index (χ2n) is 5.81. The van der Waals surface area contributed by atoms with Crippen LogP contribution in [0.2, 0.25) is 5.02 Å². The minimum atomic E-state index is -4.94. The quantitative estimate of drug-likeness (QED) is 0.405. The van der Waals surface area contributed by atoms with E-state index in [0.29, 0.717) is 0 Å². The first-order chi connectivity index (χ1) is 12.3. The maximum Gasteiger partial charge on any atom is 0.193 e. The molecule has 0 fully saturated rings. The van der Waals surface area contributed by atoms with Gasteiger partial charge in [0.05, 0.1) is 5.92 Å². The van der Waals surface area contributed by atoms with Gasteiger partial charge in [-0.05, 0) is 23.3 Å². The van der Waals surface area contributed by atoms with Gasteiger partial charge in [0, 0.05) is 22.7 Å². The van der Waals surface area contributed by atoms with Crippen molar-refractivity contribution < 1.29 is 33.4 Å². The van der Waals surface area contributed by atoms with E-state index in [4.69, 9.17) is 30.2 Å². The summed E-state index contributed by atoms with van der Waals surface area (Å²) in [5.74, 6) is 0.272. The van der Waals surface area contributed by atoms with E-state index in [1.807, 2.05) is 12.1 Å². The van der Waals surface area contributed by atoms with Gasteiger partial charge < -0.3 is 0 Å². The third-order valence-electron chi connectivity index (χ3n) is 4.18. The molecule has 0 radical (unpaired) electrons. The van der Waals surface area contributed by atoms with E-state index in [1.165, 1.54) is 22.4 Å². The molecule has 1 aromatic heterocycles. The lowest BCUT2D eigenvalue weighted by atomic mass is 9.83. The van der Waals surface area contributed by atoms with Gasteiger partial charge in [0.1, 0.15) is 0 Å². The lowest BCUT2D eigenvalue weighted by Gasteiger charge is -2.23. The second kappa shape index (κ2) is 7.72. The van der Waals surface area contributed by atoms with Crippen molar-refractivity contribution in [3.8, 4) is 0 Å². The molecule has 1 atom stereocenters. The van der Waals surface area contributed by atoms with Crippen molar-refractivity contribution in [2.75, 3.05) is 0 Å². The third-order valence-corrected chi connectivity index (χ3v) is 4.43. The minimum Gasteiger partial charge on any atom is -0.222 e. The summed E-state index contributed by atoms with van der Waals surface area (Å²) in [4.78, 5) is 0. The minimum absolute atomic E-state index is 0.272. The van der Waals surface area contributed by atoms with E-state index in [2.05, 4.69) is 65.4 Å². The number of benzene rings is 2. The van der Waals surface area contributed by atoms with Crippen LogP contribution in [0.15, 0.2) is 72.9 Å². The number of rotatable bonds is 1. The molecule has 3 aromatic rings. The lowest BCUT2D eigenvalue weighted by Crippen LogP contribution is -2.68. The molecule has 7 heteroatoms. The average molecular weight is 392 g/mol. The lowest BCUT2D eigenvalue weighted by molar-refractivity contribution is -2.00. The average Bonchev–Trinajstić information content (AvgIpc) is 2.59. The van der Waals surface area contributed by atoms with Crippen LogP contribution in [0.4, 0.5) is 0 Å². The Morgan fingerprint density at radius 2 is 1.46 bits per heavy atom. The fourth-order valence-electron chi connectivity index (χ4n) is 3.20. The van der Waals surface area contributed by atoms with Crippen LogP contribution in [-0.4, -0.2) is 0 Å². The standard InChI is InChI=1S/C19H15ClN.ClHO4/c20-16-10-8-14(9-11-16)19-17-6-2-1-5-15(17)13-21-12-4-3-7-18(19)21;2-1(3,4)5/h1-12,19H,13H2;(H,2,3,4,5)/q+1;/p-1. The van der Waals surface area contributed by atoms with E-state index in [0.717, 1.165) is 11.6 Å². The van der Waals surface area contributed by atoms with Gasteiger partial charge in [-0.2, -0.15) is 4.57 Å². The normalized spacial score (nSPS) is 15.3. The number of hydrogen-bond acceptors (Lipinski definition) is 4. The summed E-state index contributed by atoms with van der Waals surface area (Å²) < 4.78 is 36.3. The molecule has 0 spiro atoms. The molecule has 134 valence electrons. The van der Waals surface area contributed by atoms with Crippen molar-refractivity contribution in [3.05, 3.63) is 100 Å². The Balaban J connectivity index is 0.000000349. The molecule has 2 aromatic carbocycles. The topological polar surface area (TPSA) is 96.1 Å². The highest BCUT2D eigenvalue weighted by atomic mass is 35.7. The zero-order chi connectivity index (χ0) is 18.7. The molecular weight excluding hydrogens is 377 g/mol. The molecule has 26 heavy (non-hydrogen) atoms. The molecule has 0 amide bonds. The molecule has 0 saturated carbocycles. The highest BCUT2D eigenvalue weighted by Crippen LogP contribution is 2.35. The summed E-state index contributed by atoms with van der Waals surface area (Å²) in [6.07, 6.45) is 2.16. The van der Waals surface area contributed by atoms with Crippen molar-refractivity contribution in [1.29, 1.82) is 0 Å². The molecule has 1 aliphatic heterocycles. The van der Waals surface area contributed by atoms with Crippen molar-refractivity contribution in [1.82, 2.24) is 0 Å². The third kappa shape index (κ3) is 4.59. The molecule has 0 N–H and O–H groups in total. The Morgan fingerprint density at radius 1 is 0.846 bits per heavy atom. The van der Waals surface area contributed by atoms with E-state index < -0.39 is 10.2 Å². The largest absolute Gasteiger partial charge is 0.222 e. The van der Waals surface area contributed by atoms with Crippen molar-refractivity contribution in [2.24, 2.45) is 0 Å². The van der Waals surface area contributed by atoms with E-state index in [1.54, 1.807) is 0 Å². The van der Waals surface area contributed by atoms with Gasteiger partial charge in [-0.1, -0.05) is 54.1 Å². The summed E-state index contributed by atoms with van der Waals surface area (Å²) in [5, 5.41) is 0.781. The van der Waals surface area contributed by atoms with Gasteiger partial charge in [0.25, 0.3) is 0 Å². The predicted octanol–water partition coefficient (Wildman–Crippen LogP) is -0.587. The number of pyridine rings is 1. The number of hydrogen-bond donors (Lipinski definition) is 0. The Morgan fingerprint density at radius 3 is 2.15 bits per heavy atom. The summed E-state index contributed by atoms with van der Waals surface area (Å²) in [6, 6.07) is 23.3. The van der Waals surface area contributed by atoms with E-state index in [-0.39, 0.29) is 5.92 Å². The van der Waals surface area contributed by atoms with Crippen LogP contribution in [0.3, 0.4) is 0 Å². The van der Waals surface area contributed by atoms with E-state index >= 15 is 0 Å². The number of fused-ring (bicyclic) bond motifs is 2. The molecule has 0 aliphatic carbocycles. The molecular formula is C19H15Cl2NO4. The number of aromatic nitrogens is 1. The van der Waals surface area contributed by atoms with Crippen molar-refractivity contribution >= 4 is 11.6 Å². The maximum atomic E-state index is 8.49. The van der Waals surface area contributed by atoms with Crippen molar-refractivity contribution in [2.45, 2.75) is 12.5 Å². The summed E-state index contributed by atoms with van der Waals surface area (Å²) in [5.41, 5.74) is 5.40. The molecule has 5 nitrogen and oxygen atoms in total. The van der Waals surface area contributed by atoms with Crippen LogP contribution in [-0.2, 0) is 6.54 Å². The molecule has 4 rings (SSSR count). The first kappa shape index (κ1) is 18.8. The summed E-state index contributed by atoms with van der Waals surface area (Å²) in [6.45, 7) is 0.941. The van der Waals surface area contributed by atoms with Crippen LogP contribution >= 0.6 is 11.6 Å². The monoisotopic (exact) mass is 391 g/mol. The molecule has 0 saturated heterocycles. The van der Waals surface area contributed by atoms with Crippen LogP contribution in [0, 0.1) is 10.2 Å². The molecule has 2 heterocycles. The SMILES string of the molecule is Clc1ccc(C2c3ccccc3C[n+]3ccccc32)cc1.[O-][Cl+3]([O-])([O-])[O-]. The highest BCUT2D eigenvalue weighted by Gasteiger charge is 2.32. The van der Waals surface area contributed by atoms with Crippen molar-refractivity contribution in [3.63, 3.8) is 0 Å². The molecule has 1 unspecified atom stereocenters. The molecule has 0 bridgehead atoms. The Bertz CT molecular complexity index is 843. The smallest absolute Gasteiger partial charge is 0.193 e. The second-order valence-corrected chi connectivity index (χ2v) is 7.01. The number of nitrogens with zero attached hydrogens (tertiary/aromatic N) is 1. The maximum absolute atomic E-state index is 8.49. The van der Waals surface area contributed by atoms with Crippen LogP contribution in [0.25, 0.3) is 0 Å². The van der Waals surface area contributed by atoms with Crippen LogP contribution < -0.4 is 23.2 Å². The fourth-order valence-corrected chi connectivity index (χ4v) is 3.33. The van der Waals surface area contributed by atoms with Crippen LogP contribution in [0.5, 0.6) is 0 Å². The highest BCUT2D eigenvalue weighted by molar-refractivity contribution is 6.30. The van der Waals surface area contributed by atoms with Gasteiger partial charge in [0.2, 0.25) is 0 Å². The first-order valence-corrected chi connectivity index (χ1v) is 9.37. The Labute approximate surface area is 158 Å². The summed E-state index contributed by atoms with van der Waals surface area (Å²) >= 11 is 6.05. The van der Waals surface area contributed by atoms with Gasteiger partial charge in [0.15, 0.2) is 18.4 Å².